The Morgan fingerprint density at radius 1 is 1.13 bits per heavy atom. The van der Waals surface area contributed by atoms with Gasteiger partial charge in [-0.15, -0.1) is 5.10 Å². The predicted molar refractivity (Wildman–Crippen MR) is 85.2 cm³/mol. The highest BCUT2D eigenvalue weighted by Gasteiger charge is 2.20. The largest absolute Gasteiger partial charge is 0.326 e. The van der Waals surface area contributed by atoms with Crippen molar-refractivity contribution in [3.63, 3.8) is 0 Å². The van der Waals surface area contributed by atoms with E-state index in [2.05, 4.69) is 24.9 Å². The van der Waals surface area contributed by atoms with Gasteiger partial charge in [0, 0.05) is 23.1 Å². The molecule has 0 atom stereocenters. The Hall–Kier alpha value is -2.76. The summed E-state index contributed by atoms with van der Waals surface area (Å²) in [4.78, 5) is 16.1. The van der Waals surface area contributed by atoms with E-state index in [9.17, 15) is 4.79 Å². The van der Waals surface area contributed by atoms with Crippen molar-refractivity contribution in [2.24, 2.45) is 0 Å². The van der Waals surface area contributed by atoms with Crippen LogP contribution in [0.3, 0.4) is 0 Å². The maximum absolute atomic E-state index is 11.5. The van der Waals surface area contributed by atoms with E-state index in [1.165, 1.54) is 18.5 Å². The third-order valence-corrected chi connectivity index (χ3v) is 4.67. The molecule has 6 heteroatoms. The van der Waals surface area contributed by atoms with Crippen LogP contribution in [0.25, 0.3) is 17.0 Å². The van der Waals surface area contributed by atoms with Crippen molar-refractivity contribution in [2.45, 2.75) is 32.1 Å². The van der Waals surface area contributed by atoms with Crippen molar-refractivity contribution >= 4 is 17.4 Å². The molecule has 1 amide bonds. The van der Waals surface area contributed by atoms with E-state index in [0.717, 1.165) is 41.0 Å². The van der Waals surface area contributed by atoms with Crippen LogP contribution in [-0.2, 0) is 24.1 Å². The van der Waals surface area contributed by atoms with E-state index >= 15 is 0 Å². The highest BCUT2D eigenvalue weighted by atomic mass is 16.1. The average molecular weight is 305 g/mol. The van der Waals surface area contributed by atoms with Crippen LogP contribution in [0.15, 0.2) is 24.4 Å². The number of nitrogens with one attached hydrogen (secondary N) is 1. The number of fused-ring (bicyclic) bond motifs is 4. The summed E-state index contributed by atoms with van der Waals surface area (Å²) in [5.41, 5.74) is 6.14. The minimum atomic E-state index is 0.0482. The van der Waals surface area contributed by atoms with Gasteiger partial charge in [-0.05, 0) is 43.4 Å². The fraction of sp³-hybridized carbons (Fsp3) is 0.294. The Morgan fingerprint density at radius 3 is 3.00 bits per heavy atom. The second kappa shape index (κ2) is 4.62. The number of benzene rings is 1. The summed E-state index contributed by atoms with van der Waals surface area (Å²) in [5.74, 6) is 0.697. The zero-order valence-electron chi connectivity index (χ0n) is 12.5. The zero-order valence-corrected chi connectivity index (χ0v) is 12.5. The number of aromatic nitrogens is 4. The highest BCUT2D eigenvalue weighted by Crippen LogP contribution is 2.29. The molecule has 0 saturated carbocycles. The van der Waals surface area contributed by atoms with Crippen LogP contribution in [0.4, 0.5) is 5.69 Å². The lowest BCUT2D eigenvalue weighted by Gasteiger charge is -2.14. The van der Waals surface area contributed by atoms with Gasteiger partial charge in [0.05, 0.1) is 17.8 Å². The van der Waals surface area contributed by atoms with E-state index in [1.807, 2.05) is 24.4 Å². The van der Waals surface area contributed by atoms with Gasteiger partial charge in [-0.25, -0.2) is 4.98 Å². The van der Waals surface area contributed by atoms with Crippen molar-refractivity contribution in [1.82, 2.24) is 19.6 Å². The van der Waals surface area contributed by atoms with Crippen LogP contribution in [0.2, 0.25) is 0 Å². The van der Waals surface area contributed by atoms with Gasteiger partial charge in [0.1, 0.15) is 0 Å². The van der Waals surface area contributed by atoms with E-state index in [-0.39, 0.29) is 5.91 Å². The lowest BCUT2D eigenvalue weighted by molar-refractivity contribution is -0.115. The Labute approximate surface area is 132 Å². The summed E-state index contributed by atoms with van der Waals surface area (Å²) in [6, 6.07) is 5.97. The van der Waals surface area contributed by atoms with Crippen LogP contribution in [0, 0.1) is 0 Å². The Kier molecular flexibility index (Phi) is 2.56. The van der Waals surface area contributed by atoms with Crippen LogP contribution >= 0.6 is 0 Å². The van der Waals surface area contributed by atoms with E-state index in [4.69, 9.17) is 0 Å². The molecule has 114 valence electrons. The van der Waals surface area contributed by atoms with Crippen LogP contribution < -0.4 is 5.32 Å². The van der Waals surface area contributed by atoms with Crippen molar-refractivity contribution in [3.05, 3.63) is 41.3 Å². The SMILES string of the molecule is O=C1Cc2cc(-c3cn4c5c(nnc4n3)CCCC5)ccc2N1. The molecule has 0 unspecified atom stereocenters. The number of imidazole rings is 1. The van der Waals surface area contributed by atoms with Gasteiger partial charge >= 0.3 is 0 Å². The number of hydrogen-bond donors (Lipinski definition) is 1. The minimum absolute atomic E-state index is 0.0482. The van der Waals surface area contributed by atoms with E-state index < -0.39 is 0 Å². The molecule has 2 aromatic heterocycles. The van der Waals surface area contributed by atoms with Gasteiger partial charge in [-0.2, -0.15) is 5.10 Å². The third kappa shape index (κ3) is 1.94. The third-order valence-electron chi connectivity index (χ3n) is 4.67. The first-order valence-electron chi connectivity index (χ1n) is 7.94. The quantitative estimate of drug-likeness (QED) is 0.748. The predicted octanol–water partition coefficient (Wildman–Crippen LogP) is 2.16. The van der Waals surface area contributed by atoms with Gasteiger partial charge in [-0.1, -0.05) is 6.07 Å². The molecule has 0 radical (unpaired) electrons. The summed E-state index contributed by atoms with van der Waals surface area (Å²) in [5, 5.41) is 11.5. The minimum Gasteiger partial charge on any atom is -0.326 e. The lowest BCUT2D eigenvalue weighted by atomic mass is 10.0. The molecule has 1 aliphatic heterocycles. The summed E-state index contributed by atoms with van der Waals surface area (Å²) in [7, 11) is 0. The number of aryl methyl sites for hydroxylation is 2. The molecule has 0 fully saturated rings. The molecular formula is C17H15N5O. The molecular weight excluding hydrogens is 290 g/mol. The summed E-state index contributed by atoms with van der Waals surface area (Å²) in [6.45, 7) is 0. The Morgan fingerprint density at radius 2 is 2.04 bits per heavy atom. The van der Waals surface area contributed by atoms with Crippen LogP contribution in [0.1, 0.15) is 29.8 Å². The molecule has 23 heavy (non-hydrogen) atoms. The smallest absolute Gasteiger partial charge is 0.254 e. The lowest BCUT2D eigenvalue weighted by Crippen LogP contribution is -2.12. The molecule has 0 spiro atoms. The molecule has 3 aromatic rings. The molecule has 6 nitrogen and oxygen atoms in total. The Balaban J connectivity index is 1.64. The topological polar surface area (TPSA) is 72.2 Å². The van der Waals surface area contributed by atoms with Crippen molar-refractivity contribution in [3.8, 4) is 11.3 Å². The highest BCUT2D eigenvalue weighted by molar-refractivity contribution is 5.99. The second-order valence-electron chi connectivity index (χ2n) is 6.19. The van der Waals surface area contributed by atoms with Crippen LogP contribution in [0.5, 0.6) is 0 Å². The Bertz CT molecular complexity index is 959. The van der Waals surface area contributed by atoms with Crippen molar-refractivity contribution < 1.29 is 4.79 Å². The summed E-state index contributed by atoms with van der Waals surface area (Å²) in [6.07, 6.45) is 6.87. The number of nitrogens with zero attached hydrogens (tertiary/aromatic N) is 4. The number of anilines is 1. The number of carbonyl (C=O) groups excluding carboxylic acids is 1. The fourth-order valence-electron chi connectivity index (χ4n) is 3.51. The first-order chi connectivity index (χ1) is 11.3. The average Bonchev–Trinajstić information content (AvgIpc) is 3.16. The zero-order chi connectivity index (χ0) is 15.4. The normalized spacial score (nSPS) is 16.3. The summed E-state index contributed by atoms with van der Waals surface area (Å²) < 4.78 is 2.08. The van der Waals surface area contributed by atoms with Gasteiger partial charge < -0.3 is 5.32 Å². The standard InChI is InChI=1S/C17H15N5O/c23-16-8-11-7-10(5-6-12(11)18-16)14-9-22-15-4-2-1-3-13(15)20-21-17(22)19-14/h5-7,9H,1-4,8H2,(H,18,23). The van der Waals surface area contributed by atoms with Gasteiger partial charge in [0.15, 0.2) is 0 Å². The number of hydrogen-bond acceptors (Lipinski definition) is 4. The van der Waals surface area contributed by atoms with Crippen molar-refractivity contribution in [1.29, 1.82) is 0 Å². The molecule has 1 aliphatic carbocycles. The van der Waals surface area contributed by atoms with Gasteiger partial charge in [-0.3, -0.25) is 9.20 Å². The first kappa shape index (κ1) is 12.8. The molecule has 2 aliphatic rings. The van der Waals surface area contributed by atoms with Crippen LogP contribution in [-0.4, -0.2) is 25.5 Å². The first-order valence-corrected chi connectivity index (χ1v) is 7.94. The molecule has 0 bridgehead atoms. The maximum atomic E-state index is 11.5. The number of amides is 1. The van der Waals surface area contributed by atoms with Crippen molar-refractivity contribution in [2.75, 3.05) is 5.32 Å². The van der Waals surface area contributed by atoms with E-state index in [0.29, 0.717) is 12.2 Å². The molecule has 3 heterocycles. The fourth-order valence-corrected chi connectivity index (χ4v) is 3.51. The van der Waals surface area contributed by atoms with Gasteiger partial charge in [0.25, 0.3) is 5.78 Å². The number of rotatable bonds is 1. The maximum Gasteiger partial charge on any atom is 0.254 e. The summed E-state index contributed by atoms with van der Waals surface area (Å²) >= 11 is 0. The molecule has 1 N–H and O–H groups in total. The molecule has 0 saturated heterocycles. The molecule has 5 rings (SSSR count). The molecule has 1 aromatic carbocycles. The monoisotopic (exact) mass is 305 g/mol. The number of carbonyl (C=O) groups is 1. The van der Waals surface area contributed by atoms with Gasteiger partial charge in [0.2, 0.25) is 5.91 Å². The van der Waals surface area contributed by atoms with E-state index in [1.54, 1.807) is 0 Å². The second-order valence-corrected chi connectivity index (χ2v) is 6.19.